The van der Waals surface area contributed by atoms with Crippen LogP contribution in [0.4, 0.5) is 0 Å². The minimum atomic E-state index is 0.374. The Hall–Kier alpha value is -2.43. The van der Waals surface area contributed by atoms with Gasteiger partial charge in [-0.3, -0.25) is 0 Å². The predicted octanol–water partition coefficient (Wildman–Crippen LogP) is 6.44. The van der Waals surface area contributed by atoms with Crippen LogP contribution in [0.25, 0.3) is 21.7 Å². The lowest BCUT2D eigenvalue weighted by atomic mass is 9.86. The van der Waals surface area contributed by atoms with Crippen LogP contribution in [-0.2, 0) is 6.42 Å². The lowest BCUT2D eigenvalue weighted by Gasteiger charge is -2.22. The molecule has 154 valence electrons. The molecule has 30 heavy (non-hydrogen) atoms. The summed E-state index contributed by atoms with van der Waals surface area (Å²) in [6.45, 7) is 1.03. The van der Waals surface area contributed by atoms with Crippen LogP contribution in [0.1, 0.15) is 23.5 Å². The lowest BCUT2D eigenvalue weighted by molar-refractivity contribution is 0.373. The van der Waals surface area contributed by atoms with Crippen LogP contribution in [0.3, 0.4) is 0 Å². The molecule has 0 aliphatic heterocycles. The monoisotopic (exact) mass is 462 g/mol. The summed E-state index contributed by atoms with van der Waals surface area (Å²) in [5.74, 6) is 1.10. The van der Waals surface area contributed by atoms with Crippen molar-refractivity contribution >= 4 is 37.6 Å². The Morgan fingerprint density at radius 2 is 1.77 bits per heavy atom. The number of aromatic nitrogens is 1. The van der Waals surface area contributed by atoms with E-state index >= 15 is 0 Å². The van der Waals surface area contributed by atoms with E-state index in [1.54, 1.807) is 7.11 Å². The minimum Gasteiger partial charge on any atom is -0.481 e. The summed E-state index contributed by atoms with van der Waals surface area (Å²) in [6, 6.07) is 23.7. The average molecular weight is 463 g/mol. The molecule has 1 atom stereocenters. The Morgan fingerprint density at radius 1 is 0.967 bits per heavy atom. The molecule has 0 saturated heterocycles. The molecule has 1 aromatic heterocycles. The molecule has 0 aliphatic rings. The van der Waals surface area contributed by atoms with Crippen LogP contribution >= 0.6 is 15.9 Å². The molecule has 0 aliphatic carbocycles. The van der Waals surface area contributed by atoms with Crippen molar-refractivity contribution in [1.82, 2.24) is 9.88 Å². The molecule has 0 radical (unpaired) electrons. The highest BCUT2D eigenvalue weighted by Gasteiger charge is 2.19. The highest BCUT2D eigenvalue weighted by atomic mass is 79.9. The van der Waals surface area contributed by atoms with E-state index in [-0.39, 0.29) is 0 Å². The molecule has 0 spiro atoms. The van der Waals surface area contributed by atoms with Gasteiger partial charge in [-0.25, -0.2) is 4.98 Å². The van der Waals surface area contributed by atoms with Gasteiger partial charge in [-0.2, -0.15) is 0 Å². The van der Waals surface area contributed by atoms with Crippen molar-refractivity contribution < 1.29 is 4.74 Å². The Labute approximate surface area is 186 Å². The number of methoxy groups -OCH3 is 1. The van der Waals surface area contributed by atoms with E-state index in [0.29, 0.717) is 5.92 Å². The van der Waals surface area contributed by atoms with Gasteiger partial charge in [-0.15, -0.1) is 0 Å². The fourth-order valence-corrected chi connectivity index (χ4v) is 4.53. The first-order valence-corrected chi connectivity index (χ1v) is 11.1. The average Bonchev–Trinajstić information content (AvgIpc) is 2.75. The van der Waals surface area contributed by atoms with Gasteiger partial charge >= 0.3 is 0 Å². The maximum absolute atomic E-state index is 5.70. The van der Waals surface area contributed by atoms with Gasteiger partial charge in [-0.1, -0.05) is 58.4 Å². The van der Waals surface area contributed by atoms with Crippen molar-refractivity contribution in [2.75, 3.05) is 27.7 Å². The van der Waals surface area contributed by atoms with E-state index in [0.717, 1.165) is 46.2 Å². The summed E-state index contributed by atoms with van der Waals surface area (Å²) in [5, 5.41) is 3.75. The largest absolute Gasteiger partial charge is 0.481 e. The Bertz CT molecular complexity index is 1170. The van der Waals surface area contributed by atoms with Crippen molar-refractivity contribution in [2.24, 2.45) is 0 Å². The molecule has 0 saturated carbocycles. The highest BCUT2D eigenvalue weighted by Crippen LogP contribution is 2.34. The maximum Gasteiger partial charge on any atom is 0.216 e. The maximum atomic E-state index is 5.70. The van der Waals surface area contributed by atoms with Crippen LogP contribution in [0.15, 0.2) is 71.2 Å². The van der Waals surface area contributed by atoms with Crippen molar-refractivity contribution in [3.8, 4) is 5.88 Å². The number of nitrogens with zero attached hydrogens (tertiary/aromatic N) is 2. The fraction of sp³-hybridized carbons (Fsp3) is 0.269. The number of pyridine rings is 1. The summed E-state index contributed by atoms with van der Waals surface area (Å²) < 4.78 is 6.76. The van der Waals surface area contributed by atoms with Gasteiger partial charge in [0, 0.05) is 15.4 Å². The van der Waals surface area contributed by atoms with Crippen LogP contribution < -0.4 is 4.74 Å². The van der Waals surface area contributed by atoms with Crippen molar-refractivity contribution in [3.63, 3.8) is 0 Å². The van der Waals surface area contributed by atoms with Gasteiger partial charge in [0.25, 0.3) is 0 Å². The first kappa shape index (κ1) is 20.8. The first-order chi connectivity index (χ1) is 14.5. The molecule has 4 aromatic rings. The third-order valence-electron chi connectivity index (χ3n) is 5.66. The zero-order valence-corrected chi connectivity index (χ0v) is 19.3. The van der Waals surface area contributed by atoms with E-state index in [4.69, 9.17) is 9.72 Å². The molecule has 1 unspecified atom stereocenters. The van der Waals surface area contributed by atoms with Gasteiger partial charge in [-0.05, 0) is 80.0 Å². The fourth-order valence-electron chi connectivity index (χ4n) is 4.15. The standard InChI is InChI=1S/C26H27BrN2O/c1-29(2)14-13-19(24-10-6-8-18-7-4-5-9-23(18)24)15-21-16-20-17-22(27)11-12-25(20)28-26(21)30-3/h4-12,16-17,19H,13-15H2,1-3H3. The normalized spacial score (nSPS) is 12.6. The van der Waals surface area contributed by atoms with Gasteiger partial charge < -0.3 is 9.64 Å². The van der Waals surface area contributed by atoms with Crippen LogP contribution in [0.2, 0.25) is 0 Å². The molecule has 0 fully saturated rings. The Kier molecular flexibility index (Phi) is 6.35. The van der Waals surface area contributed by atoms with Crippen molar-refractivity contribution in [3.05, 3.63) is 82.3 Å². The summed E-state index contributed by atoms with van der Waals surface area (Å²) in [4.78, 5) is 7.04. The van der Waals surface area contributed by atoms with Crippen LogP contribution in [-0.4, -0.2) is 37.6 Å². The molecule has 0 bridgehead atoms. The smallest absolute Gasteiger partial charge is 0.216 e. The van der Waals surface area contributed by atoms with E-state index in [2.05, 4.69) is 89.5 Å². The Morgan fingerprint density at radius 3 is 2.57 bits per heavy atom. The molecular formula is C26H27BrN2O. The van der Waals surface area contributed by atoms with Crippen LogP contribution in [0.5, 0.6) is 5.88 Å². The quantitative estimate of drug-likeness (QED) is 0.316. The van der Waals surface area contributed by atoms with E-state index in [9.17, 15) is 0 Å². The van der Waals surface area contributed by atoms with Crippen molar-refractivity contribution in [1.29, 1.82) is 0 Å². The second-order valence-electron chi connectivity index (χ2n) is 8.06. The molecule has 3 nitrogen and oxygen atoms in total. The highest BCUT2D eigenvalue weighted by molar-refractivity contribution is 9.10. The van der Waals surface area contributed by atoms with Gasteiger partial charge in [0.15, 0.2) is 0 Å². The van der Waals surface area contributed by atoms with E-state index in [1.165, 1.54) is 16.3 Å². The number of halogens is 1. The summed E-state index contributed by atoms with van der Waals surface area (Å²) in [7, 11) is 5.98. The number of fused-ring (bicyclic) bond motifs is 2. The molecule has 0 amide bonds. The second-order valence-corrected chi connectivity index (χ2v) is 8.97. The van der Waals surface area contributed by atoms with Crippen molar-refractivity contribution in [2.45, 2.75) is 18.8 Å². The van der Waals surface area contributed by atoms with Gasteiger partial charge in [0.1, 0.15) is 0 Å². The number of hydrogen-bond donors (Lipinski definition) is 0. The topological polar surface area (TPSA) is 25.4 Å². The third kappa shape index (κ3) is 4.50. The summed E-state index contributed by atoms with van der Waals surface area (Å²) >= 11 is 3.58. The number of ether oxygens (including phenoxy) is 1. The molecule has 4 heteroatoms. The van der Waals surface area contributed by atoms with Crippen LogP contribution in [0, 0.1) is 0 Å². The molecule has 4 rings (SSSR count). The molecule has 3 aromatic carbocycles. The van der Waals surface area contributed by atoms with E-state index < -0.39 is 0 Å². The molecule has 1 heterocycles. The number of benzene rings is 3. The number of hydrogen-bond acceptors (Lipinski definition) is 3. The lowest BCUT2D eigenvalue weighted by Crippen LogP contribution is -2.17. The first-order valence-electron chi connectivity index (χ1n) is 10.3. The van der Waals surface area contributed by atoms with Gasteiger partial charge in [0.05, 0.1) is 12.6 Å². The number of rotatable bonds is 7. The van der Waals surface area contributed by atoms with Gasteiger partial charge in [0.2, 0.25) is 5.88 Å². The second kappa shape index (κ2) is 9.15. The zero-order chi connectivity index (χ0) is 21.1. The van der Waals surface area contributed by atoms with E-state index in [1.807, 2.05) is 12.1 Å². The Balaban J connectivity index is 1.78. The molecule has 0 N–H and O–H groups in total. The summed E-state index contributed by atoms with van der Waals surface area (Å²) in [6.07, 6.45) is 1.96. The third-order valence-corrected chi connectivity index (χ3v) is 6.16. The minimum absolute atomic E-state index is 0.374. The zero-order valence-electron chi connectivity index (χ0n) is 17.7. The SMILES string of the molecule is COc1nc2ccc(Br)cc2cc1CC(CCN(C)C)c1cccc2ccccc12. The molecular weight excluding hydrogens is 436 g/mol. The predicted molar refractivity (Wildman–Crippen MR) is 130 cm³/mol. The summed E-state index contributed by atoms with van der Waals surface area (Å²) in [5.41, 5.74) is 3.50.